The predicted molar refractivity (Wildman–Crippen MR) is 144 cm³/mol. The van der Waals surface area contributed by atoms with E-state index in [-0.39, 0.29) is 13.2 Å². The summed E-state index contributed by atoms with van der Waals surface area (Å²) >= 11 is 0. The molecular formula is C29H62O4. The molecule has 33 heavy (non-hydrogen) atoms. The topological polar surface area (TPSA) is 80.9 Å². The summed E-state index contributed by atoms with van der Waals surface area (Å²) in [6.07, 6.45) is 23.6. The monoisotopic (exact) mass is 474 g/mol. The molecule has 2 atom stereocenters. The summed E-state index contributed by atoms with van der Waals surface area (Å²) in [6.45, 7) is 8.67. The Balaban J connectivity index is 0. The molecule has 0 aromatic rings. The normalized spacial score (nSPS) is 14.9. The Kier molecular flexibility index (Phi) is 26.5. The molecule has 0 rings (SSSR count). The molecule has 2 unspecified atom stereocenters. The molecule has 0 aliphatic rings. The molecule has 0 aliphatic carbocycles. The highest BCUT2D eigenvalue weighted by molar-refractivity contribution is 4.76. The van der Waals surface area contributed by atoms with Gasteiger partial charge >= 0.3 is 0 Å². The van der Waals surface area contributed by atoms with Crippen LogP contribution in [-0.4, -0.2) is 44.8 Å². The van der Waals surface area contributed by atoms with Crippen LogP contribution in [0.25, 0.3) is 0 Å². The lowest BCUT2D eigenvalue weighted by molar-refractivity contribution is 0.00166. The summed E-state index contributed by atoms with van der Waals surface area (Å²) in [5, 5.41) is 38.0. The van der Waals surface area contributed by atoms with Crippen molar-refractivity contribution in [2.24, 2.45) is 0 Å². The van der Waals surface area contributed by atoms with Crippen molar-refractivity contribution >= 4 is 0 Å². The van der Waals surface area contributed by atoms with Gasteiger partial charge in [0.05, 0.1) is 11.2 Å². The summed E-state index contributed by atoms with van der Waals surface area (Å²) in [6, 6.07) is 0. The van der Waals surface area contributed by atoms with Crippen molar-refractivity contribution in [2.75, 3.05) is 13.2 Å². The molecule has 4 heteroatoms. The van der Waals surface area contributed by atoms with Crippen molar-refractivity contribution < 1.29 is 20.4 Å². The molecule has 4 nitrogen and oxygen atoms in total. The zero-order chi connectivity index (χ0) is 25.3. The summed E-state index contributed by atoms with van der Waals surface area (Å²) in [5.41, 5.74) is -1.23. The van der Waals surface area contributed by atoms with E-state index in [1.54, 1.807) is 0 Å². The first-order valence-electron chi connectivity index (χ1n) is 14.5. The largest absolute Gasteiger partial charge is 0.396 e. The van der Waals surface area contributed by atoms with Crippen molar-refractivity contribution in [2.45, 2.75) is 174 Å². The number of rotatable bonds is 23. The van der Waals surface area contributed by atoms with E-state index in [0.29, 0.717) is 12.8 Å². The number of unbranched alkanes of at least 4 members (excludes halogenated alkanes) is 13. The SMILES string of the molecule is CCCCCCCCCC(O)(CC)CCO.CCCCCCCCCCC(O)(CC)CCO. The Hall–Kier alpha value is -0.160. The van der Waals surface area contributed by atoms with E-state index in [1.807, 2.05) is 13.8 Å². The molecule has 0 radical (unpaired) electrons. The van der Waals surface area contributed by atoms with Crippen LogP contribution < -0.4 is 0 Å². The molecule has 202 valence electrons. The zero-order valence-corrected chi connectivity index (χ0v) is 23.1. The van der Waals surface area contributed by atoms with Crippen molar-refractivity contribution in [3.8, 4) is 0 Å². The number of aliphatic hydroxyl groups is 4. The standard InChI is InChI=1S/C15H32O2.C14H30O2/c1-3-5-6-7-8-9-10-11-12-15(17,4-2)13-14-16;1-3-5-6-7-8-9-10-11-14(16,4-2)12-13-15/h16-17H,3-14H2,1-2H3;15-16H,3-13H2,1-2H3. The molecule has 4 N–H and O–H groups in total. The van der Waals surface area contributed by atoms with E-state index in [9.17, 15) is 10.2 Å². The van der Waals surface area contributed by atoms with Crippen LogP contribution in [0.4, 0.5) is 0 Å². The van der Waals surface area contributed by atoms with Gasteiger partial charge in [-0.05, 0) is 38.5 Å². The molecule has 0 aromatic heterocycles. The Morgan fingerprint density at radius 1 is 0.394 bits per heavy atom. The zero-order valence-electron chi connectivity index (χ0n) is 23.1. The highest BCUT2D eigenvalue weighted by atomic mass is 16.3. The summed E-state index contributed by atoms with van der Waals surface area (Å²) in [4.78, 5) is 0. The molecule has 0 heterocycles. The highest BCUT2D eigenvalue weighted by Crippen LogP contribution is 2.24. The summed E-state index contributed by atoms with van der Waals surface area (Å²) < 4.78 is 0. The van der Waals surface area contributed by atoms with Gasteiger partial charge in [-0.1, -0.05) is 124 Å². The van der Waals surface area contributed by atoms with Crippen LogP contribution in [0.2, 0.25) is 0 Å². The Labute approximate surface area is 207 Å². The molecule has 0 fully saturated rings. The number of hydrogen-bond acceptors (Lipinski definition) is 4. The van der Waals surface area contributed by atoms with Gasteiger partial charge in [-0.15, -0.1) is 0 Å². The van der Waals surface area contributed by atoms with E-state index < -0.39 is 11.2 Å². The molecule has 0 saturated heterocycles. The average molecular weight is 475 g/mol. The first-order chi connectivity index (χ1) is 15.9. The van der Waals surface area contributed by atoms with Crippen LogP contribution in [0.5, 0.6) is 0 Å². The van der Waals surface area contributed by atoms with Gasteiger partial charge in [-0.25, -0.2) is 0 Å². The minimum atomic E-state index is -0.614. The fraction of sp³-hybridized carbons (Fsp3) is 1.00. The Morgan fingerprint density at radius 2 is 0.667 bits per heavy atom. The van der Waals surface area contributed by atoms with E-state index in [0.717, 1.165) is 38.5 Å². The van der Waals surface area contributed by atoms with Gasteiger partial charge in [0.1, 0.15) is 0 Å². The van der Waals surface area contributed by atoms with Crippen LogP contribution in [0.3, 0.4) is 0 Å². The van der Waals surface area contributed by atoms with Gasteiger partial charge in [0, 0.05) is 13.2 Å². The Bertz CT molecular complexity index is 377. The smallest absolute Gasteiger partial charge is 0.0667 e. The third kappa shape index (κ3) is 23.4. The maximum Gasteiger partial charge on any atom is 0.0667 e. The minimum Gasteiger partial charge on any atom is -0.396 e. The third-order valence-electron chi connectivity index (χ3n) is 7.21. The second-order valence-electron chi connectivity index (χ2n) is 10.2. The minimum absolute atomic E-state index is 0.0981. The van der Waals surface area contributed by atoms with Crippen molar-refractivity contribution in [1.29, 1.82) is 0 Å². The van der Waals surface area contributed by atoms with Crippen molar-refractivity contribution in [3.05, 3.63) is 0 Å². The molecule has 0 spiro atoms. The molecule has 0 aliphatic heterocycles. The number of aliphatic hydroxyl groups excluding tert-OH is 2. The van der Waals surface area contributed by atoms with E-state index in [1.165, 1.54) is 83.5 Å². The maximum absolute atomic E-state index is 10.1. The highest BCUT2D eigenvalue weighted by Gasteiger charge is 2.23. The fourth-order valence-electron chi connectivity index (χ4n) is 4.37. The van der Waals surface area contributed by atoms with E-state index >= 15 is 0 Å². The molecule has 0 aromatic carbocycles. The first kappa shape index (κ1) is 35.0. The molecule has 0 amide bonds. The van der Waals surface area contributed by atoms with E-state index in [2.05, 4.69) is 13.8 Å². The van der Waals surface area contributed by atoms with Gasteiger partial charge in [0.15, 0.2) is 0 Å². The molecule has 0 bridgehead atoms. The lowest BCUT2D eigenvalue weighted by atomic mass is 9.90. The van der Waals surface area contributed by atoms with Gasteiger partial charge in [-0.3, -0.25) is 0 Å². The quantitative estimate of drug-likeness (QED) is 0.114. The van der Waals surface area contributed by atoms with Gasteiger partial charge in [0.25, 0.3) is 0 Å². The second kappa shape index (κ2) is 24.9. The second-order valence-corrected chi connectivity index (χ2v) is 10.2. The average Bonchev–Trinajstić information content (AvgIpc) is 2.81. The maximum atomic E-state index is 10.1. The summed E-state index contributed by atoms with van der Waals surface area (Å²) in [7, 11) is 0. The van der Waals surface area contributed by atoms with Crippen LogP contribution >= 0.6 is 0 Å². The van der Waals surface area contributed by atoms with Gasteiger partial charge in [0.2, 0.25) is 0 Å². The fourth-order valence-corrected chi connectivity index (χ4v) is 4.37. The van der Waals surface area contributed by atoms with E-state index in [4.69, 9.17) is 10.2 Å². The van der Waals surface area contributed by atoms with Crippen LogP contribution in [0.15, 0.2) is 0 Å². The van der Waals surface area contributed by atoms with Gasteiger partial charge in [-0.2, -0.15) is 0 Å². The van der Waals surface area contributed by atoms with Crippen LogP contribution in [0.1, 0.15) is 163 Å². The van der Waals surface area contributed by atoms with Crippen LogP contribution in [-0.2, 0) is 0 Å². The van der Waals surface area contributed by atoms with Crippen molar-refractivity contribution in [1.82, 2.24) is 0 Å². The summed E-state index contributed by atoms with van der Waals surface area (Å²) in [5.74, 6) is 0. The lowest BCUT2D eigenvalue weighted by Crippen LogP contribution is -2.28. The van der Waals surface area contributed by atoms with Crippen molar-refractivity contribution in [3.63, 3.8) is 0 Å². The number of hydrogen-bond donors (Lipinski definition) is 4. The van der Waals surface area contributed by atoms with Crippen LogP contribution in [0, 0.1) is 0 Å². The van der Waals surface area contributed by atoms with Gasteiger partial charge < -0.3 is 20.4 Å². The molecular weight excluding hydrogens is 412 g/mol. The lowest BCUT2D eigenvalue weighted by Gasteiger charge is -2.25. The molecule has 0 saturated carbocycles. The third-order valence-corrected chi connectivity index (χ3v) is 7.21. The Morgan fingerprint density at radius 3 is 0.909 bits per heavy atom. The first-order valence-corrected chi connectivity index (χ1v) is 14.5. The predicted octanol–water partition coefficient (Wildman–Crippen LogP) is 7.69.